The fourth-order valence-corrected chi connectivity index (χ4v) is 4.67. The minimum atomic E-state index is -0.780. The molecule has 0 aromatic heterocycles. The van der Waals surface area contributed by atoms with Crippen LogP contribution in [0, 0.1) is 11.3 Å². The van der Waals surface area contributed by atoms with Gasteiger partial charge in [0.25, 0.3) is 0 Å². The molecule has 176 valence electrons. The first-order chi connectivity index (χ1) is 16.4. The number of nitrogens with zero attached hydrogens (tertiary/aromatic N) is 1. The second-order valence-electron chi connectivity index (χ2n) is 7.64. The molecule has 0 bridgehead atoms. The summed E-state index contributed by atoms with van der Waals surface area (Å²) in [7, 11) is 0. The van der Waals surface area contributed by atoms with Crippen molar-refractivity contribution in [2.24, 2.45) is 0 Å². The maximum Gasteiger partial charge on any atom is 0.337 e. The smallest absolute Gasteiger partial charge is 0.337 e. The molecule has 1 N–H and O–H groups in total. The Kier molecular flexibility index (Phi) is 8.80. The number of benzene rings is 2. The molecule has 0 fully saturated rings. The Morgan fingerprint density at radius 3 is 2.44 bits per heavy atom. The first-order valence-electron chi connectivity index (χ1n) is 10.8. The van der Waals surface area contributed by atoms with Crippen LogP contribution in [0.5, 0.6) is 0 Å². The number of nitriles is 1. The molecule has 1 aliphatic heterocycles. The van der Waals surface area contributed by atoms with Crippen molar-refractivity contribution in [3.8, 4) is 6.07 Å². The summed E-state index contributed by atoms with van der Waals surface area (Å²) in [5.74, 6) is -1.73. The van der Waals surface area contributed by atoms with Gasteiger partial charge < -0.3 is 14.8 Å². The predicted molar refractivity (Wildman–Crippen MR) is 134 cm³/mol. The Morgan fingerprint density at radius 1 is 1.15 bits per heavy atom. The number of rotatable bonds is 8. The zero-order valence-electron chi connectivity index (χ0n) is 19.1. The van der Waals surface area contributed by atoms with Gasteiger partial charge in [0.15, 0.2) is 0 Å². The number of ether oxygens (including phenoxy) is 2. The normalized spacial score (nSPS) is 15.6. The molecule has 2 aromatic carbocycles. The standard InChI is InChI=1S/C26H25ClN2O4S/c1-4-32-26(31)23-22(18-12-8-9-13-20(18)27)19(14-28)25(34-15-21(30)33-16(2)3)29-24(23)17-10-6-5-7-11-17/h5-13,16,22,29H,4,15H2,1-3H3/t22-/m1/s1. The summed E-state index contributed by atoms with van der Waals surface area (Å²) in [4.78, 5) is 25.5. The molecule has 0 saturated carbocycles. The van der Waals surface area contributed by atoms with Gasteiger partial charge >= 0.3 is 11.9 Å². The number of esters is 2. The Bertz CT molecular complexity index is 1170. The second-order valence-corrected chi connectivity index (χ2v) is 9.03. The van der Waals surface area contributed by atoms with E-state index in [1.807, 2.05) is 30.3 Å². The molecule has 1 aliphatic rings. The van der Waals surface area contributed by atoms with E-state index >= 15 is 0 Å². The Balaban J connectivity index is 2.20. The Hall–Kier alpha value is -3.21. The van der Waals surface area contributed by atoms with Gasteiger partial charge in [-0.3, -0.25) is 4.79 Å². The monoisotopic (exact) mass is 496 g/mol. The van der Waals surface area contributed by atoms with E-state index in [0.717, 1.165) is 17.3 Å². The highest BCUT2D eigenvalue weighted by atomic mass is 35.5. The molecule has 0 aliphatic carbocycles. The lowest BCUT2D eigenvalue weighted by atomic mass is 9.81. The molecular weight excluding hydrogens is 472 g/mol. The topological polar surface area (TPSA) is 88.4 Å². The first kappa shape index (κ1) is 25.4. The van der Waals surface area contributed by atoms with Crippen molar-refractivity contribution in [2.45, 2.75) is 32.8 Å². The van der Waals surface area contributed by atoms with Crippen molar-refractivity contribution in [2.75, 3.05) is 12.4 Å². The average Bonchev–Trinajstić information content (AvgIpc) is 2.82. The quantitative estimate of drug-likeness (QED) is 0.488. The third-order valence-electron chi connectivity index (χ3n) is 4.93. The summed E-state index contributed by atoms with van der Waals surface area (Å²) in [6, 6.07) is 18.6. The number of dihydropyridines is 1. The molecule has 34 heavy (non-hydrogen) atoms. The summed E-state index contributed by atoms with van der Waals surface area (Å²) in [6.45, 7) is 5.45. The molecule has 1 heterocycles. The van der Waals surface area contributed by atoms with Crippen molar-refractivity contribution in [3.05, 3.63) is 86.9 Å². The highest BCUT2D eigenvalue weighted by Gasteiger charge is 2.38. The minimum Gasteiger partial charge on any atom is -0.463 e. The number of carbonyl (C=O) groups excluding carboxylic acids is 2. The van der Waals surface area contributed by atoms with Crippen LogP contribution >= 0.6 is 23.4 Å². The molecule has 0 spiro atoms. The lowest BCUT2D eigenvalue weighted by Gasteiger charge is -2.31. The zero-order chi connectivity index (χ0) is 24.7. The Morgan fingerprint density at radius 2 is 1.82 bits per heavy atom. The largest absolute Gasteiger partial charge is 0.463 e. The number of halogens is 1. The summed E-state index contributed by atoms with van der Waals surface area (Å²) in [6.07, 6.45) is -0.247. The van der Waals surface area contributed by atoms with Crippen molar-refractivity contribution >= 4 is 41.0 Å². The van der Waals surface area contributed by atoms with Gasteiger partial charge in [0, 0.05) is 5.02 Å². The molecule has 0 unspecified atom stereocenters. The Labute approximate surface area is 208 Å². The number of carbonyl (C=O) groups is 2. The molecule has 0 amide bonds. The van der Waals surface area contributed by atoms with E-state index < -0.39 is 17.9 Å². The summed E-state index contributed by atoms with van der Waals surface area (Å²) < 4.78 is 10.6. The molecule has 8 heteroatoms. The second kappa shape index (κ2) is 11.8. The number of hydrogen-bond donors (Lipinski definition) is 1. The van der Waals surface area contributed by atoms with E-state index in [9.17, 15) is 14.9 Å². The van der Waals surface area contributed by atoms with E-state index in [0.29, 0.717) is 21.3 Å². The molecule has 2 aromatic rings. The van der Waals surface area contributed by atoms with E-state index in [-0.39, 0.29) is 29.6 Å². The van der Waals surface area contributed by atoms with E-state index in [1.165, 1.54) is 0 Å². The van der Waals surface area contributed by atoms with Crippen molar-refractivity contribution in [1.29, 1.82) is 5.26 Å². The highest BCUT2D eigenvalue weighted by Crippen LogP contribution is 2.45. The van der Waals surface area contributed by atoms with E-state index in [4.69, 9.17) is 21.1 Å². The maximum absolute atomic E-state index is 13.3. The fraction of sp³-hybridized carbons (Fsp3) is 0.269. The summed E-state index contributed by atoms with van der Waals surface area (Å²) >= 11 is 7.70. The van der Waals surface area contributed by atoms with Gasteiger partial charge in [-0.1, -0.05) is 71.9 Å². The number of allylic oxidation sites excluding steroid dienone is 1. The van der Waals surface area contributed by atoms with Gasteiger partial charge in [0.1, 0.15) is 0 Å². The SMILES string of the molecule is CCOC(=O)C1=C(c2ccccc2)NC(SCC(=O)OC(C)C)=C(C#N)[C@H]1c1ccccc1Cl. The van der Waals surface area contributed by atoms with Crippen LogP contribution in [0.1, 0.15) is 37.8 Å². The summed E-state index contributed by atoms with van der Waals surface area (Å²) in [5.41, 5.74) is 2.40. The van der Waals surface area contributed by atoms with Gasteiger partial charge in [-0.2, -0.15) is 5.26 Å². The van der Waals surface area contributed by atoms with Crippen molar-refractivity contribution in [1.82, 2.24) is 5.32 Å². The van der Waals surface area contributed by atoms with E-state index in [1.54, 1.807) is 45.0 Å². The lowest BCUT2D eigenvalue weighted by molar-refractivity contribution is -0.144. The van der Waals surface area contributed by atoms with E-state index in [2.05, 4.69) is 11.4 Å². The number of hydrogen-bond acceptors (Lipinski definition) is 7. The predicted octanol–water partition coefficient (Wildman–Crippen LogP) is 5.42. The van der Waals surface area contributed by atoms with Gasteiger partial charge in [-0.05, 0) is 38.0 Å². The minimum absolute atomic E-state index is 0.00224. The molecule has 1 atom stereocenters. The van der Waals surface area contributed by atoms with Gasteiger partial charge in [-0.15, -0.1) is 0 Å². The molecular formula is C26H25ClN2O4S. The van der Waals surface area contributed by atoms with Crippen LogP contribution in [0.3, 0.4) is 0 Å². The molecule has 0 saturated heterocycles. The van der Waals surface area contributed by atoms with Crippen LogP contribution in [0.15, 0.2) is 70.8 Å². The molecule has 3 rings (SSSR count). The number of thioether (sulfide) groups is 1. The third-order valence-corrected chi connectivity index (χ3v) is 6.26. The van der Waals surface area contributed by atoms with Crippen LogP contribution in [0.25, 0.3) is 5.70 Å². The van der Waals surface area contributed by atoms with Crippen LogP contribution in [-0.2, 0) is 19.1 Å². The van der Waals surface area contributed by atoms with Crippen LogP contribution < -0.4 is 5.32 Å². The third kappa shape index (κ3) is 5.82. The van der Waals surface area contributed by atoms with Crippen molar-refractivity contribution in [3.63, 3.8) is 0 Å². The summed E-state index contributed by atoms with van der Waals surface area (Å²) in [5, 5.41) is 14.3. The molecule has 0 radical (unpaired) electrons. The average molecular weight is 497 g/mol. The van der Waals surface area contributed by atoms with Gasteiger partial charge in [0.2, 0.25) is 0 Å². The number of nitrogens with one attached hydrogen (secondary N) is 1. The molecule has 6 nitrogen and oxygen atoms in total. The highest BCUT2D eigenvalue weighted by molar-refractivity contribution is 8.03. The first-order valence-corrected chi connectivity index (χ1v) is 12.2. The van der Waals surface area contributed by atoms with Gasteiger partial charge in [-0.25, -0.2) is 4.79 Å². The lowest BCUT2D eigenvalue weighted by Crippen LogP contribution is -2.29. The fourth-order valence-electron chi connectivity index (χ4n) is 3.61. The van der Waals surface area contributed by atoms with Crippen LogP contribution in [0.2, 0.25) is 5.02 Å². The van der Waals surface area contributed by atoms with Crippen molar-refractivity contribution < 1.29 is 19.1 Å². The zero-order valence-corrected chi connectivity index (χ0v) is 20.7. The maximum atomic E-state index is 13.3. The van der Waals surface area contributed by atoms with Crippen LogP contribution in [-0.4, -0.2) is 30.4 Å². The van der Waals surface area contributed by atoms with Gasteiger partial charge in [0.05, 0.1) is 52.3 Å². The van der Waals surface area contributed by atoms with Crippen LogP contribution in [0.4, 0.5) is 0 Å².